The zero-order valence-corrected chi connectivity index (χ0v) is 27.0. The van der Waals surface area contributed by atoms with Crippen molar-refractivity contribution < 1.29 is 49.0 Å². The SMILES string of the molecule is CCCCCCCCCCCCC(=O)OC[C@H](CO[C@@H]1O[C@H](CO)[C@H](O)C(O)C1O)OC(=O)CCCCCCCCCC. The van der Waals surface area contributed by atoms with Crippen LogP contribution < -0.4 is 0 Å². The van der Waals surface area contributed by atoms with Gasteiger partial charge in [-0.1, -0.05) is 117 Å². The number of carbonyl (C=O) groups is 2. The fourth-order valence-corrected chi connectivity index (χ4v) is 5.19. The Morgan fingerprint density at radius 2 is 1.09 bits per heavy atom. The van der Waals surface area contributed by atoms with Crippen molar-refractivity contribution in [1.29, 1.82) is 0 Å². The molecule has 2 unspecified atom stereocenters. The molecule has 1 fully saturated rings. The lowest BCUT2D eigenvalue weighted by Crippen LogP contribution is -2.59. The molecule has 4 N–H and O–H groups in total. The van der Waals surface area contributed by atoms with Crippen LogP contribution in [0.4, 0.5) is 0 Å². The van der Waals surface area contributed by atoms with E-state index >= 15 is 0 Å². The predicted molar refractivity (Wildman–Crippen MR) is 164 cm³/mol. The third-order valence-electron chi connectivity index (χ3n) is 7.99. The van der Waals surface area contributed by atoms with Crippen molar-refractivity contribution >= 4 is 11.9 Å². The number of carbonyl (C=O) groups excluding carboxylic acids is 2. The zero-order valence-electron chi connectivity index (χ0n) is 27.0. The number of aliphatic hydroxyl groups excluding tert-OH is 4. The third kappa shape index (κ3) is 19.0. The molecule has 0 aromatic rings. The van der Waals surface area contributed by atoms with Crippen LogP contribution in [0, 0.1) is 0 Å². The molecule has 0 saturated carbocycles. The molecule has 1 aliphatic rings. The average Bonchev–Trinajstić information content (AvgIpc) is 3.00. The Bertz CT molecular complexity index is 689. The molecule has 0 bridgehead atoms. The van der Waals surface area contributed by atoms with E-state index in [9.17, 15) is 30.0 Å². The van der Waals surface area contributed by atoms with Crippen molar-refractivity contribution in [3.05, 3.63) is 0 Å². The summed E-state index contributed by atoms with van der Waals surface area (Å²) in [4.78, 5) is 24.9. The van der Waals surface area contributed by atoms with Gasteiger partial charge in [0.1, 0.15) is 31.0 Å². The van der Waals surface area contributed by atoms with Gasteiger partial charge in [0.15, 0.2) is 12.4 Å². The Balaban J connectivity index is 2.45. The van der Waals surface area contributed by atoms with Crippen LogP contribution in [0.3, 0.4) is 0 Å². The van der Waals surface area contributed by atoms with Crippen molar-refractivity contribution in [1.82, 2.24) is 0 Å². The molecule has 1 saturated heterocycles. The van der Waals surface area contributed by atoms with Crippen LogP contribution in [-0.4, -0.2) is 89.0 Å². The minimum atomic E-state index is -1.59. The van der Waals surface area contributed by atoms with E-state index in [1.54, 1.807) is 0 Å². The van der Waals surface area contributed by atoms with Crippen LogP contribution >= 0.6 is 0 Å². The molecule has 43 heavy (non-hydrogen) atoms. The smallest absolute Gasteiger partial charge is 0.306 e. The van der Waals surface area contributed by atoms with Crippen LogP contribution in [0.5, 0.6) is 0 Å². The first-order valence-corrected chi connectivity index (χ1v) is 17.1. The summed E-state index contributed by atoms with van der Waals surface area (Å²) < 4.78 is 21.9. The second-order valence-corrected chi connectivity index (χ2v) is 12.0. The van der Waals surface area contributed by atoms with Gasteiger partial charge in [0.2, 0.25) is 0 Å². The number of rotatable bonds is 27. The van der Waals surface area contributed by atoms with Crippen LogP contribution in [0.2, 0.25) is 0 Å². The predicted octanol–water partition coefficient (Wildman–Crippen LogP) is 5.10. The Morgan fingerprint density at radius 1 is 0.628 bits per heavy atom. The number of hydrogen-bond donors (Lipinski definition) is 4. The molecule has 1 rings (SSSR count). The molecule has 0 aromatic carbocycles. The highest BCUT2D eigenvalue weighted by Gasteiger charge is 2.44. The van der Waals surface area contributed by atoms with Gasteiger partial charge in [-0.15, -0.1) is 0 Å². The molecule has 0 spiro atoms. The minimum absolute atomic E-state index is 0.211. The van der Waals surface area contributed by atoms with Crippen LogP contribution in [0.25, 0.3) is 0 Å². The average molecular weight is 619 g/mol. The molecule has 10 heteroatoms. The summed E-state index contributed by atoms with van der Waals surface area (Å²) in [5.41, 5.74) is 0. The lowest BCUT2D eigenvalue weighted by molar-refractivity contribution is -0.305. The standard InChI is InChI=1S/C33H62O10/c1-3-5-7-9-11-13-14-16-17-19-21-28(35)40-24-26(42-29(36)22-20-18-15-12-10-8-6-4-2)25-41-33-32(39)31(38)30(37)27(23-34)43-33/h26-27,30-34,37-39H,3-25H2,1-2H3/t26-,27-,30+,31?,32?,33-/m1/s1. The van der Waals surface area contributed by atoms with E-state index in [1.807, 2.05) is 0 Å². The number of ether oxygens (including phenoxy) is 4. The molecule has 0 aliphatic carbocycles. The lowest BCUT2D eigenvalue weighted by atomic mass is 9.99. The van der Waals surface area contributed by atoms with Crippen LogP contribution in [-0.2, 0) is 28.5 Å². The Hall–Kier alpha value is -1.30. The van der Waals surface area contributed by atoms with Gasteiger partial charge in [0, 0.05) is 12.8 Å². The zero-order chi connectivity index (χ0) is 31.7. The van der Waals surface area contributed by atoms with E-state index in [2.05, 4.69) is 13.8 Å². The second-order valence-electron chi connectivity index (χ2n) is 12.0. The molecule has 0 aromatic heterocycles. The Kier molecular flexibility index (Phi) is 24.0. The van der Waals surface area contributed by atoms with Gasteiger partial charge in [-0.25, -0.2) is 0 Å². The van der Waals surface area contributed by atoms with Gasteiger partial charge in [0.05, 0.1) is 13.2 Å². The van der Waals surface area contributed by atoms with Gasteiger partial charge in [-0.05, 0) is 12.8 Å². The molecule has 10 nitrogen and oxygen atoms in total. The molecule has 6 atom stereocenters. The molecule has 0 amide bonds. The maximum absolute atomic E-state index is 12.5. The summed E-state index contributed by atoms with van der Waals surface area (Å²) in [5, 5.41) is 39.7. The van der Waals surface area contributed by atoms with Gasteiger partial charge < -0.3 is 39.4 Å². The molecule has 0 radical (unpaired) electrons. The summed E-state index contributed by atoms with van der Waals surface area (Å²) in [5.74, 6) is -0.810. The second kappa shape index (κ2) is 26.0. The third-order valence-corrected chi connectivity index (χ3v) is 7.99. The van der Waals surface area contributed by atoms with E-state index < -0.39 is 49.4 Å². The van der Waals surface area contributed by atoms with Crippen molar-refractivity contribution in [2.24, 2.45) is 0 Å². The highest BCUT2D eigenvalue weighted by Crippen LogP contribution is 2.22. The van der Waals surface area contributed by atoms with E-state index in [0.717, 1.165) is 38.5 Å². The maximum atomic E-state index is 12.5. The van der Waals surface area contributed by atoms with Gasteiger partial charge >= 0.3 is 11.9 Å². The van der Waals surface area contributed by atoms with Crippen LogP contribution in [0.15, 0.2) is 0 Å². The van der Waals surface area contributed by atoms with Gasteiger partial charge in [-0.3, -0.25) is 9.59 Å². The Morgan fingerprint density at radius 3 is 1.58 bits per heavy atom. The molecule has 1 heterocycles. The van der Waals surface area contributed by atoms with Crippen molar-refractivity contribution in [3.8, 4) is 0 Å². The highest BCUT2D eigenvalue weighted by molar-refractivity contribution is 5.70. The highest BCUT2D eigenvalue weighted by atomic mass is 16.7. The summed E-state index contributed by atoms with van der Waals surface area (Å²) in [7, 11) is 0. The fourth-order valence-electron chi connectivity index (χ4n) is 5.19. The number of esters is 2. The number of aliphatic hydroxyl groups is 4. The summed E-state index contributed by atoms with van der Waals surface area (Å²) in [6.45, 7) is 3.34. The molecule has 254 valence electrons. The summed E-state index contributed by atoms with van der Waals surface area (Å²) in [6, 6.07) is 0. The first-order chi connectivity index (χ1) is 20.8. The maximum Gasteiger partial charge on any atom is 0.306 e. The van der Waals surface area contributed by atoms with Crippen molar-refractivity contribution in [3.63, 3.8) is 0 Å². The molecular formula is C33H62O10. The molecule has 1 aliphatic heterocycles. The number of hydrogen-bond acceptors (Lipinski definition) is 10. The summed E-state index contributed by atoms with van der Waals surface area (Å²) >= 11 is 0. The monoisotopic (exact) mass is 618 g/mol. The first kappa shape index (κ1) is 39.7. The van der Waals surface area contributed by atoms with Gasteiger partial charge in [-0.2, -0.15) is 0 Å². The topological polar surface area (TPSA) is 152 Å². The summed E-state index contributed by atoms with van der Waals surface area (Å²) in [6.07, 6.45) is 12.8. The first-order valence-electron chi connectivity index (χ1n) is 17.1. The quantitative estimate of drug-likeness (QED) is 0.0723. The lowest BCUT2D eigenvalue weighted by Gasteiger charge is -2.39. The molecular weight excluding hydrogens is 556 g/mol. The van der Waals surface area contributed by atoms with E-state index in [4.69, 9.17) is 18.9 Å². The van der Waals surface area contributed by atoms with Crippen molar-refractivity contribution in [2.45, 2.75) is 179 Å². The van der Waals surface area contributed by atoms with E-state index in [-0.39, 0.29) is 32.0 Å². The fraction of sp³-hybridized carbons (Fsp3) is 0.939. The number of unbranched alkanes of at least 4 members (excludes halogenated alkanes) is 16. The minimum Gasteiger partial charge on any atom is -0.462 e. The van der Waals surface area contributed by atoms with E-state index in [1.165, 1.54) is 70.6 Å². The van der Waals surface area contributed by atoms with E-state index in [0.29, 0.717) is 6.42 Å². The Labute approximate surface area is 259 Å². The van der Waals surface area contributed by atoms with Crippen LogP contribution in [0.1, 0.15) is 142 Å². The normalized spacial score (nSPS) is 22.8. The van der Waals surface area contributed by atoms with Crippen molar-refractivity contribution in [2.75, 3.05) is 19.8 Å². The van der Waals surface area contributed by atoms with Gasteiger partial charge in [0.25, 0.3) is 0 Å². The largest absolute Gasteiger partial charge is 0.462 e.